The number of nitrogens with one attached hydrogen (secondary N) is 1. The van der Waals surface area contributed by atoms with Crippen molar-refractivity contribution < 1.29 is 9.13 Å². The monoisotopic (exact) mass is 283 g/mol. The highest BCUT2D eigenvalue weighted by molar-refractivity contribution is 6.30. The van der Waals surface area contributed by atoms with Crippen molar-refractivity contribution in [2.75, 3.05) is 11.9 Å². The first-order chi connectivity index (χ1) is 9.17. The van der Waals surface area contributed by atoms with E-state index in [4.69, 9.17) is 16.3 Å². The summed E-state index contributed by atoms with van der Waals surface area (Å²) in [6.07, 6.45) is 6.68. The molecule has 1 spiro atoms. The van der Waals surface area contributed by atoms with Crippen molar-refractivity contribution in [3.05, 3.63) is 29.0 Å². The van der Waals surface area contributed by atoms with Crippen LogP contribution >= 0.6 is 11.6 Å². The Balaban J connectivity index is 1.70. The van der Waals surface area contributed by atoms with E-state index in [1.165, 1.54) is 18.9 Å². The van der Waals surface area contributed by atoms with E-state index in [2.05, 4.69) is 5.32 Å². The highest BCUT2D eigenvalue weighted by Gasteiger charge is 2.39. The summed E-state index contributed by atoms with van der Waals surface area (Å²) in [5.74, 6) is -0.239. The predicted molar refractivity (Wildman–Crippen MR) is 75.2 cm³/mol. The van der Waals surface area contributed by atoms with Crippen LogP contribution in [0.25, 0.3) is 0 Å². The van der Waals surface area contributed by atoms with Crippen LogP contribution in [0.5, 0.6) is 0 Å². The van der Waals surface area contributed by atoms with Crippen molar-refractivity contribution in [1.29, 1.82) is 0 Å². The number of halogens is 2. The third kappa shape index (κ3) is 2.87. The Bertz CT molecular complexity index is 459. The predicted octanol–water partition coefficient (Wildman–Crippen LogP) is 4.38. The van der Waals surface area contributed by atoms with Crippen molar-refractivity contribution in [2.45, 2.75) is 50.2 Å². The lowest BCUT2D eigenvalue weighted by atomic mass is 9.89. The van der Waals surface area contributed by atoms with E-state index >= 15 is 0 Å². The van der Waals surface area contributed by atoms with Crippen molar-refractivity contribution in [3.63, 3.8) is 0 Å². The van der Waals surface area contributed by atoms with E-state index in [9.17, 15) is 4.39 Å². The molecule has 1 unspecified atom stereocenters. The molecule has 1 aromatic carbocycles. The maximum Gasteiger partial charge on any atom is 0.146 e. The maximum atomic E-state index is 13.7. The van der Waals surface area contributed by atoms with Crippen LogP contribution in [0.15, 0.2) is 18.2 Å². The molecule has 1 saturated carbocycles. The zero-order chi connectivity index (χ0) is 13.3. The first kappa shape index (κ1) is 13.2. The molecule has 4 heteroatoms. The fourth-order valence-corrected chi connectivity index (χ4v) is 3.52. The highest BCUT2D eigenvalue weighted by Crippen LogP contribution is 2.40. The molecule has 1 N–H and O–H groups in total. The number of ether oxygens (including phenoxy) is 1. The van der Waals surface area contributed by atoms with Crippen molar-refractivity contribution >= 4 is 17.3 Å². The average molecular weight is 284 g/mol. The zero-order valence-corrected chi connectivity index (χ0v) is 11.7. The molecule has 1 saturated heterocycles. The van der Waals surface area contributed by atoms with Crippen LogP contribution < -0.4 is 5.32 Å². The van der Waals surface area contributed by atoms with E-state index in [1.54, 1.807) is 12.1 Å². The topological polar surface area (TPSA) is 21.3 Å². The van der Waals surface area contributed by atoms with Gasteiger partial charge >= 0.3 is 0 Å². The Morgan fingerprint density at radius 2 is 2.11 bits per heavy atom. The smallest absolute Gasteiger partial charge is 0.146 e. The molecule has 0 amide bonds. The first-order valence-corrected chi connectivity index (χ1v) is 7.40. The lowest BCUT2D eigenvalue weighted by Gasteiger charge is -2.39. The number of hydrogen-bond donors (Lipinski definition) is 1. The number of benzene rings is 1. The summed E-state index contributed by atoms with van der Waals surface area (Å²) in [6, 6.07) is 4.92. The SMILES string of the molecule is Fc1ccc(Cl)cc1NC1CCOC2(CCCC2)C1. The molecule has 0 aromatic heterocycles. The summed E-state index contributed by atoms with van der Waals surface area (Å²) in [4.78, 5) is 0. The van der Waals surface area contributed by atoms with Gasteiger partial charge < -0.3 is 10.1 Å². The fourth-order valence-electron chi connectivity index (χ4n) is 3.35. The third-order valence-electron chi connectivity index (χ3n) is 4.30. The molecule has 2 fully saturated rings. The second-order valence-electron chi connectivity index (χ2n) is 5.70. The molecule has 1 heterocycles. The van der Waals surface area contributed by atoms with E-state index in [1.807, 2.05) is 0 Å². The molecule has 19 heavy (non-hydrogen) atoms. The first-order valence-electron chi connectivity index (χ1n) is 7.02. The molecular weight excluding hydrogens is 265 g/mol. The van der Waals surface area contributed by atoms with E-state index < -0.39 is 0 Å². The normalized spacial score (nSPS) is 25.7. The molecular formula is C15H19ClFNO. The minimum absolute atomic E-state index is 0.0466. The lowest BCUT2D eigenvalue weighted by Crippen LogP contribution is -2.42. The summed E-state index contributed by atoms with van der Waals surface area (Å²) in [7, 11) is 0. The van der Waals surface area contributed by atoms with Gasteiger partial charge in [-0.15, -0.1) is 0 Å². The summed E-state index contributed by atoms with van der Waals surface area (Å²) in [5, 5.41) is 3.86. The van der Waals surface area contributed by atoms with Crippen LogP contribution in [0.1, 0.15) is 38.5 Å². The van der Waals surface area contributed by atoms with Gasteiger partial charge in [-0.3, -0.25) is 0 Å². The molecule has 3 rings (SSSR count). The van der Waals surface area contributed by atoms with Gasteiger partial charge in [0.15, 0.2) is 0 Å². The molecule has 1 atom stereocenters. The second-order valence-corrected chi connectivity index (χ2v) is 6.13. The Morgan fingerprint density at radius 1 is 1.32 bits per heavy atom. The summed E-state index contributed by atoms with van der Waals surface area (Å²) in [5.41, 5.74) is 0.554. The second kappa shape index (κ2) is 5.29. The Hall–Kier alpha value is -0.800. The van der Waals surface area contributed by atoms with Crippen molar-refractivity contribution in [1.82, 2.24) is 0 Å². The van der Waals surface area contributed by atoms with E-state index in [-0.39, 0.29) is 17.5 Å². The maximum absolute atomic E-state index is 13.7. The van der Waals surface area contributed by atoms with Crippen LogP contribution in [-0.2, 0) is 4.74 Å². The largest absolute Gasteiger partial charge is 0.380 e. The van der Waals surface area contributed by atoms with Crippen LogP contribution in [0.2, 0.25) is 5.02 Å². The Kier molecular flexibility index (Phi) is 3.68. The van der Waals surface area contributed by atoms with Gasteiger partial charge in [-0.25, -0.2) is 4.39 Å². The molecule has 0 radical (unpaired) electrons. The minimum atomic E-state index is -0.239. The van der Waals surface area contributed by atoms with Crippen LogP contribution in [0.4, 0.5) is 10.1 Å². The van der Waals surface area contributed by atoms with Gasteiger partial charge in [-0.05, 0) is 43.9 Å². The zero-order valence-electron chi connectivity index (χ0n) is 10.9. The van der Waals surface area contributed by atoms with Gasteiger partial charge in [-0.1, -0.05) is 24.4 Å². The number of hydrogen-bond acceptors (Lipinski definition) is 2. The number of anilines is 1. The molecule has 2 nitrogen and oxygen atoms in total. The summed E-state index contributed by atoms with van der Waals surface area (Å²) >= 11 is 5.92. The van der Waals surface area contributed by atoms with Crippen LogP contribution in [-0.4, -0.2) is 18.2 Å². The Labute approximate surface area is 118 Å². The van der Waals surface area contributed by atoms with Gasteiger partial charge in [0.2, 0.25) is 0 Å². The molecule has 1 aliphatic heterocycles. The lowest BCUT2D eigenvalue weighted by molar-refractivity contribution is -0.0767. The van der Waals surface area contributed by atoms with Crippen LogP contribution in [0.3, 0.4) is 0 Å². The highest BCUT2D eigenvalue weighted by atomic mass is 35.5. The van der Waals surface area contributed by atoms with Crippen molar-refractivity contribution in [3.8, 4) is 0 Å². The quantitative estimate of drug-likeness (QED) is 0.869. The van der Waals surface area contributed by atoms with Gasteiger partial charge in [-0.2, -0.15) is 0 Å². The number of rotatable bonds is 2. The molecule has 104 valence electrons. The molecule has 1 aromatic rings. The molecule has 0 bridgehead atoms. The summed E-state index contributed by atoms with van der Waals surface area (Å²) < 4.78 is 19.7. The average Bonchev–Trinajstić information content (AvgIpc) is 2.82. The van der Waals surface area contributed by atoms with Gasteiger partial charge in [0.1, 0.15) is 5.82 Å². The van der Waals surface area contributed by atoms with Gasteiger partial charge in [0.05, 0.1) is 11.3 Å². The van der Waals surface area contributed by atoms with E-state index in [0.717, 1.165) is 32.3 Å². The van der Waals surface area contributed by atoms with E-state index in [0.29, 0.717) is 10.7 Å². The summed E-state index contributed by atoms with van der Waals surface area (Å²) in [6.45, 7) is 0.764. The van der Waals surface area contributed by atoms with Crippen LogP contribution in [0, 0.1) is 5.82 Å². The molecule has 2 aliphatic rings. The standard InChI is InChI=1S/C15H19ClFNO/c16-11-3-4-13(17)14(9-11)18-12-5-8-19-15(10-12)6-1-2-7-15/h3-4,9,12,18H,1-2,5-8,10H2. The third-order valence-corrected chi connectivity index (χ3v) is 4.53. The fraction of sp³-hybridized carbons (Fsp3) is 0.600. The van der Waals surface area contributed by atoms with Gasteiger partial charge in [0.25, 0.3) is 0 Å². The Morgan fingerprint density at radius 3 is 2.89 bits per heavy atom. The van der Waals surface area contributed by atoms with Crippen molar-refractivity contribution in [2.24, 2.45) is 0 Å². The minimum Gasteiger partial charge on any atom is -0.380 e. The van der Waals surface area contributed by atoms with Gasteiger partial charge in [0, 0.05) is 17.7 Å². The molecule has 1 aliphatic carbocycles.